The van der Waals surface area contributed by atoms with Gasteiger partial charge in [0.1, 0.15) is 5.00 Å². The van der Waals surface area contributed by atoms with Crippen LogP contribution in [0, 0.1) is 0 Å². The summed E-state index contributed by atoms with van der Waals surface area (Å²) < 4.78 is 4.96. The summed E-state index contributed by atoms with van der Waals surface area (Å²) in [5.41, 5.74) is 3.72. The maximum Gasteiger partial charge on any atom is 0.341 e. The summed E-state index contributed by atoms with van der Waals surface area (Å²) in [7, 11) is 1.37. The Morgan fingerprint density at radius 3 is 2.23 bits per heavy atom. The molecule has 1 heterocycles. The van der Waals surface area contributed by atoms with Crippen molar-refractivity contribution in [2.75, 3.05) is 19.0 Å². The van der Waals surface area contributed by atoms with Gasteiger partial charge >= 0.3 is 5.97 Å². The average Bonchev–Trinajstić information content (AvgIpc) is 3.36. The first-order valence-electron chi connectivity index (χ1n) is 10.0. The van der Waals surface area contributed by atoms with Crippen molar-refractivity contribution in [1.82, 2.24) is 5.32 Å². The molecule has 1 aliphatic carbocycles. The summed E-state index contributed by atoms with van der Waals surface area (Å²) in [6.45, 7) is 0.123. The summed E-state index contributed by atoms with van der Waals surface area (Å²) in [6, 6.07) is 20.0. The van der Waals surface area contributed by atoms with Crippen molar-refractivity contribution in [2.24, 2.45) is 0 Å². The molecule has 0 saturated heterocycles. The molecule has 0 bridgehead atoms. The molecule has 6 heteroatoms. The van der Waals surface area contributed by atoms with Crippen molar-refractivity contribution in [2.45, 2.75) is 25.3 Å². The number of methoxy groups -OCH3 is 1. The van der Waals surface area contributed by atoms with Crippen molar-refractivity contribution in [3.8, 4) is 0 Å². The second-order valence-corrected chi connectivity index (χ2v) is 8.34. The Balaban J connectivity index is 1.49. The zero-order chi connectivity index (χ0) is 20.9. The number of carbonyl (C=O) groups excluding carboxylic acids is 2. The first-order valence-corrected chi connectivity index (χ1v) is 10.8. The van der Waals surface area contributed by atoms with Crippen molar-refractivity contribution < 1.29 is 14.3 Å². The molecule has 0 saturated carbocycles. The highest BCUT2D eigenvalue weighted by Gasteiger charge is 2.28. The molecular formula is C24H24N2O3S. The van der Waals surface area contributed by atoms with Crippen LogP contribution in [-0.2, 0) is 22.4 Å². The van der Waals surface area contributed by atoms with Crippen molar-refractivity contribution >= 4 is 28.2 Å². The number of esters is 1. The standard InChI is InChI=1S/C24H24N2O3S/c1-29-24(28)21-18-13-8-14-19(18)30-23(21)26-20(27)15-25-22(16-9-4-2-5-10-16)17-11-6-3-7-12-17/h2-7,9-12,22,25H,8,13-15H2,1H3,(H,26,27). The summed E-state index contributed by atoms with van der Waals surface area (Å²) in [5, 5.41) is 6.88. The number of ether oxygens (including phenoxy) is 1. The van der Waals surface area contributed by atoms with Gasteiger partial charge < -0.3 is 10.1 Å². The molecule has 2 aromatic carbocycles. The summed E-state index contributed by atoms with van der Waals surface area (Å²) in [4.78, 5) is 26.2. The number of amides is 1. The molecule has 154 valence electrons. The maximum absolute atomic E-state index is 12.8. The molecule has 3 aromatic rings. The van der Waals surface area contributed by atoms with E-state index in [0.717, 1.165) is 36.0 Å². The lowest BCUT2D eigenvalue weighted by molar-refractivity contribution is -0.115. The van der Waals surface area contributed by atoms with E-state index in [1.165, 1.54) is 23.3 Å². The van der Waals surface area contributed by atoms with Gasteiger partial charge in [0, 0.05) is 4.88 Å². The molecule has 5 nitrogen and oxygen atoms in total. The van der Waals surface area contributed by atoms with Crippen molar-refractivity contribution in [3.05, 3.63) is 87.8 Å². The highest BCUT2D eigenvalue weighted by Crippen LogP contribution is 2.39. The largest absolute Gasteiger partial charge is 0.465 e. The molecule has 30 heavy (non-hydrogen) atoms. The van der Waals surface area contributed by atoms with E-state index in [4.69, 9.17) is 4.74 Å². The van der Waals surface area contributed by atoms with E-state index in [1.807, 2.05) is 60.7 Å². The van der Waals surface area contributed by atoms with Crippen LogP contribution in [0.1, 0.15) is 44.4 Å². The van der Waals surface area contributed by atoms with E-state index in [-0.39, 0.29) is 24.5 Å². The summed E-state index contributed by atoms with van der Waals surface area (Å²) in [5.74, 6) is -0.568. The molecule has 4 rings (SSSR count). The fourth-order valence-electron chi connectivity index (χ4n) is 3.90. The minimum atomic E-state index is -0.385. The van der Waals surface area contributed by atoms with Gasteiger partial charge in [-0.3, -0.25) is 10.1 Å². The second kappa shape index (κ2) is 9.24. The number of anilines is 1. The molecule has 0 fully saturated rings. The molecule has 2 N–H and O–H groups in total. The average molecular weight is 421 g/mol. The Labute approximate surface area is 180 Å². The fourth-order valence-corrected chi connectivity index (χ4v) is 5.19. The number of thiophene rings is 1. The van der Waals surface area contributed by atoms with Gasteiger partial charge in [-0.15, -0.1) is 11.3 Å². The van der Waals surface area contributed by atoms with Crippen LogP contribution in [0.3, 0.4) is 0 Å². The van der Waals surface area contributed by atoms with Crippen LogP contribution in [0.15, 0.2) is 60.7 Å². The number of carbonyl (C=O) groups is 2. The number of fused-ring (bicyclic) bond motifs is 1. The lowest BCUT2D eigenvalue weighted by Gasteiger charge is -2.19. The number of benzene rings is 2. The predicted octanol–water partition coefficient (Wildman–Crippen LogP) is 4.34. The predicted molar refractivity (Wildman–Crippen MR) is 119 cm³/mol. The molecular weight excluding hydrogens is 396 g/mol. The van der Waals surface area contributed by atoms with Gasteiger partial charge in [0.2, 0.25) is 5.91 Å². The normalized spacial score (nSPS) is 12.6. The highest BCUT2D eigenvalue weighted by atomic mass is 32.1. The Morgan fingerprint density at radius 2 is 1.63 bits per heavy atom. The highest BCUT2D eigenvalue weighted by molar-refractivity contribution is 7.17. The van der Waals surface area contributed by atoms with Crippen LogP contribution in [0.2, 0.25) is 0 Å². The van der Waals surface area contributed by atoms with Crippen LogP contribution >= 0.6 is 11.3 Å². The Hall–Kier alpha value is -2.96. The lowest BCUT2D eigenvalue weighted by atomic mass is 9.99. The van der Waals surface area contributed by atoms with E-state index < -0.39 is 0 Å². The number of aryl methyl sites for hydroxylation is 1. The van der Waals surface area contributed by atoms with E-state index in [1.54, 1.807) is 0 Å². The van der Waals surface area contributed by atoms with E-state index >= 15 is 0 Å². The SMILES string of the molecule is COC(=O)c1c(NC(=O)CNC(c2ccccc2)c2ccccc2)sc2c1CCC2. The van der Waals surface area contributed by atoms with Gasteiger partial charge in [-0.05, 0) is 36.0 Å². The topological polar surface area (TPSA) is 67.4 Å². The second-order valence-electron chi connectivity index (χ2n) is 7.24. The summed E-state index contributed by atoms with van der Waals surface area (Å²) >= 11 is 1.49. The maximum atomic E-state index is 12.8. The molecule has 1 amide bonds. The van der Waals surface area contributed by atoms with Gasteiger partial charge in [-0.2, -0.15) is 0 Å². The monoisotopic (exact) mass is 420 g/mol. The van der Waals surface area contributed by atoms with Crippen LogP contribution in [-0.4, -0.2) is 25.5 Å². The third-order valence-electron chi connectivity index (χ3n) is 5.30. The van der Waals surface area contributed by atoms with E-state index in [9.17, 15) is 9.59 Å². The van der Waals surface area contributed by atoms with Crippen LogP contribution in [0.5, 0.6) is 0 Å². The van der Waals surface area contributed by atoms with Gasteiger partial charge in [0.05, 0.1) is 25.3 Å². The minimum absolute atomic E-state index is 0.105. The first kappa shape index (κ1) is 20.3. The third-order valence-corrected chi connectivity index (χ3v) is 6.50. The van der Waals surface area contributed by atoms with Gasteiger partial charge in [0.25, 0.3) is 0 Å². The Morgan fingerprint density at radius 1 is 1.00 bits per heavy atom. The molecule has 0 aliphatic heterocycles. The first-order chi connectivity index (χ1) is 14.7. The smallest absolute Gasteiger partial charge is 0.341 e. The van der Waals surface area contributed by atoms with E-state index in [2.05, 4.69) is 10.6 Å². The third kappa shape index (κ3) is 4.30. The Kier molecular flexibility index (Phi) is 6.26. The fraction of sp³-hybridized carbons (Fsp3) is 0.250. The van der Waals surface area contributed by atoms with E-state index in [0.29, 0.717) is 10.6 Å². The minimum Gasteiger partial charge on any atom is -0.465 e. The van der Waals surface area contributed by atoms with Gasteiger partial charge in [0.15, 0.2) is 0 Å². The molecule has 0 spiro atoms. The number of rotatable bonds is 7. The van der Waals surface area contributed by atoms with Crippen molar-refractivity contribution in [1.29, 1.82) is 0 Å². The van der Waals surface area contributed by atoms with Crippen LogP contribution in [0.25, 0.3) is 0 Å². The number of hydrogen-bond donors (Lipinski definition) is 2. The quantitative estimate of drug-likeness (QED) is 0.558. The number of nitrogens with one attached hydrogen (secondary N) is 2. The lowest BCUT2D eigenvalue weighted by Crippen LogP contribution is -2.32. The molecule has 1 aliphatic rings. The van der Waals surface area contributed by atoms with Gasteiger partial charge in [-0.25, -0.2) is 4.79 Å². The van der Waals surface area contributed by atoms with Crippen LogP contribution in [0.4, 0.5) is 5.00 Å². The number of hydrogen-bond acceptors (Lipinski definition) is 5. The van der Waals surface area contributed by atoms with Crippen LogP contribution < -0.4 is 10.6 Å². The zero-order valence-electron chi connectivity index (χ0n) is 16.8. The zero-order valence-corrected chi connectivity index (χ0v) is 17.6. The Bertz CT molecular complexity index is 992. The van der Waals surface area contributed by atoms with Gasteiger partial charge in [-0.1, -0.05) is 60.7 Å². The van der Waals surface area contributed by atoms with Crippen molar-refractivity contribution in [3.63, 3.8) is 0 Å². The molecule has 0 atom stereocenters. The molecule has 1 aromatic heterocycles. The molecule has 0 unspecified atom stereocenters. The molecule has 0 radical (unpaired) electrons. The summed E-state index contributed by atoms with van der Waals surface area (Å²) in [6.07, 6.45) is 2.84.